The van der Waals surface area contributed by atoms with E-state index < -0.39 is 0 Å². The van der Waals surface area contributed by atoms with Crippen LogP contribution in [0.5, 0.6) is 0 Å². The minimum absolute atomic E-state index is 0.208. The predicted octanol–water partition coefficient (Wildman–Crippen LogP) is 3.99. The summed E-state index contributed by atoms with van der Waals surface area (Å²) in [5, 5.41) is 0. The van der Waals surface area contributed by atoms with Crippen molar-refractivity contribution in [2.75, 3.05) is 26.2 Å². The molecule has 0 bridgehead atoms. The van der Waals surface area contributed by atoms with E-state index >= 15 is 0 Å². The molecule has 0 N–H and O–H groups in total. The first-order valence-corrected chi connectivity index (χ1v) is 12.7. The summed E-state index contributed by atoms with van der Waals surface area (Å²) in [5.41, 5.74) is 1.95. The molecular weight excluding hydrogens is 442 g/mol. The number of carbonyl (C=O) groups is 4. The van der Waals surface area contributed by atoms with Gasteiger partial charge >= 0.3 is 0 Å². The van der Waals surface area contributed by atoms with Gasteiger partial charge in [0.05, 0.1) is 22.3 Å². The van der Waals surface area contributed by atoms with Gasteiger partial charge in [-0.3, -0.25) is 29.0 Å². The van der Waals surface area contributed by atoms with Crippen molar-refractivity contribution in [3.8, 4) is 0 Å². The van der Waals surface area contributed by atoms with E-state index in [0.29, 0.717) is 54.2 Å². The summed E-state index contributed by atoms with van der Waals surface area (Å²) >= 11 is 0. The van der Waals surface area contributed by atoms with Crippen molar-refractivity contribution in [1.82, 2.24) is 14.7 Å². The van der Waals surface area contributed by atoms with Crippen molar-refractivity contribution in [3.63, 3.8) is 0 Å². The van der Waals surface area contributed by atoms with Crippen molar-refractivity contribution < 1.29 is 19.2 Å². The smallest absolute Gasteiger partial charge is 0.261 e. The molecule has 2 aliphatic heterocycles. The van der Waals surface area contributed by atoms with Crippen molar-refractivity contribution in [1.29, 1.82) is 0 Å². The monoisotopic (exact) mass is 473 g/mol. The Balaban J connectivity index is 1.17. The Kier molecular flexibility index (Phi) is 6.77. The molecule has 2 aromatic rings. The number of amides is 4. The molecule has 7 heteroatoms. The van der Waals surface area contributed by atoms with Crippen LogP contribution in [0.2, 0.25) is 0 Å². The second kappa shape index (κ2) is 10.1. The summed E-state index contributed by atoms with van der Waals surface area (Å²) < 4.78 is 0. The molecule has 4 amide bonds. The molecule has 7 nitrogen and oxygen atoms in total. The van der Waals surface area contributed by atoms with Gasteiger partial charge in [-0.1, -0.05) is 43.5 Å². The summed E-state index contributed by atoms with van der Waals surface area (Å²) in [5.74, 6) is -0.832. The van der Waals surface area contributed by atoms with Crippen molar-refractivity contribution in [3.05, 3.63) is 70.8 Å². The van der Waals surface area contributed by atoms with E-state index in [2.05, 4.69) is 4.90 Å². The van der Waals surface area contributed by atoms with Crippen LogP contribution in [0.3, 0.4) is 0 Å². The fraction of sp³-hybridized carbons (Fsp3) is 0.429. The van der Waals surface area contributed by atoms with Crippen LogP contribution in [0.1, 0.15) is 86.4 Å². The molecule has 0 aromatic heterocycles. The minimum atomic E-state index is -0.208. The zero-order valence-corrected chi connectivity index (χ0v) is 19.9. The van der Waals surface area contributed by atoms with Crippen LogP contribution in [0.15, 0.2) is 48.5 Å². The summed E-state index contributed by atoms with van der Waals surface area (Å²) in [6.07, 6.45) is 7.36. The maximum absolute atomic E-state index is 12.7. The normalized spacial score (nSPS) is 18.1. The van der Waals surface area contributed by atoms with Crippen LogP contribution in [0.4, 0.5) is 0 Å². The predicted molar refractivity (Wildman–Crippen MR) is 131 cm³/mol. The number of nitrogens with zero attached hydrogens (tertiary/aromatic N) is 3. The third kappa shape index (κ3) is 4.52. The maximum atomic E-state index is 12.7. The topological polar surface area (TPSA) is 78.0 Å². The van der Waals surface area contributed by atoms with E-state index in [0.717, 1.165) is 25.9 Å². The molecule has 35 heavy (non-hydrogen) atoms. The fourth-order valence-electron chi connectivity index (χ4n) is 5.67. The van der Waals surface area contributed by atoms with Gasteiger partial charge in [-0.15, -0.1) is 0 Å². The SMILES string of the molecule is O=C1c2ccccc2C(=O)N1CCCN(CCCN1C(=O)c2ccccc2C1=O)C1CCCCC1. The van der Waals surface area contributed by atoms with E-state index in [1.807, 2.05) is 0 Å². The van der Waals surface area contributed by atoms with E-state index in [4.69, 9.17) is 0 Å². The van der Waals surface area contributed by atoms with Crippen molar-refractivity contribution in [2.45, 2.75) is 51.0 Å². The summed E-state index contributed by atoms with van der Waals surface area (Å²) in [6.45, 7) is 2.35. The second-order valence-corrected chi connectivity index (χ2v) is 9.65. The van der Waals surface area contributed by atoms with Crippen LogP contribution < -0.4 is 0 Å². The molecule has 3 aliphatic rings. The highest BCUT2D eigenvalue weighted by Gasteiger charge is 2.36. The van der Waals surface area contributed by atoms with Crippen LogP contribution in [-0.2, 0) is 0 Å². The Morgan fingerprint density at radius 3 is 1.34 bits per heavy atom. The first kappa shape index (κ1) is 23.4. The highest BCUT2D eigenvalue weighted by atomic mass is 16.2. The van der Waals surface area contributed by atoms with E-state index in [1.54, 1.807) is 48.5 Å². The number of fused-ring (bicyclic) bond motifs is 2. The van der Waals surface area contributed by atoms with Crippen LogP contribution in [0.25, 0.3) is 0 Å². The minimum Gasteiger partial charge on any atom is -0.300 e. The molecule has 0 atom stereocenters. The average Bonchev–Trinajstić information content (AvgIpc) is 3.29. The van der Waals surface area contributed by atoms with E-state index in [1.165, 1.54) is 29.1 Å². The Bertz CT molecular complexity index is 1000. The standard InChI is InChI=1S/C28H31N3O4/c32-25-21-12-4-5-13-22(21)26(33)30(25)18-8-16-29(20-10-2-1-3-11-20)17-9-19-31-27(34)23-14-6-7-15-24(23)28(31)35/h4-7,12-15,20H,1-3,8-11,16-19H2. The molecule has 182 valence electrons. The number of rotatable bonds is 9. The number of imide groups is 2. The quantitative estimate of drug-likeness (QED) is 0.515. The first-order chi connectivity index (χ1) is 17.1. The molecule has 1 fully saturated rings. The summed E-state index contributed by atoms with van der Waals surface area (Å²) in [6, 6.07) is 14.4. The van der Waals surface area contributed by atoms with Gasteiger partial charge in [-0.2, -0.15) is 0 Å². The maximum Gasteiger partial charge on any atom is 0.261 e. The molecule has 1 aliphatic carbocycles. The molecule has 0 saturated heterocycles. The highest BCUT2D eigenvalue weighted by molar-refractivity contribution is 6.22. The zero-order chi connectivity index (χ0) is 24.4. The van der Waals surface area contributed by atoms with Gasteiger partial charge in [0.15, 0.2) is 0 Å². The summed E-state index contributed by atoms with van der Waals surface area (Å²) in [4.78, 5) is 55.9. The Morgan fingerprint density at radius 1 is 0.600 bits per heavy atom. The third-order valence-corrected chi connectivity index (χ3v) is 7.50. The fourth-order valence-corrected chi connectivity index (χ4v) is 5.67. The molecule has 2 aromatic carbocycles. The number of hydrogen-bond donors (Lipinski definition) is 0. The number of hydrogen-bond acceptors (Lipinski definition) is 5. The van der Waals surface area contributed by atoms with Gasteiger partial charge in [0, 0.05) is 32.2 Å². The highest BCUT2D eigenvalue weighted by Crippen LogP contribution is 2.26. The molecule has 0 radical (unpaired) electrons. The van der Waals surface area contributed by atoms with E-state index in [-0.39, 0.29) is 23.6 Å². The lowest BCUT2D eigenvalue weighted by atomic mass is 9.94. The number of carbonyl (C=O) groups excluding carboxylic acids is 4. The van der Waals surface area contributed by atoms with E-state index in [9.17, 15) is 19.2 Å². The molecule has 5 rings (SSSR count). The largest absolute Gasteiger partial charge is 0.300 e. The molecule has 0 unspecified atom stereocenters. The molecular formula is C28H31N3O4. The van der Waals surface area contributed by atoms with Crippen LogP contribution >= 0.6 is 0 Å². The second-order valence-electron chi connectivity index (χ2n) is 9.65. The Labute approximate surface area is 205 Å². The zero-order valence-electron chi connectivity index (χ0n) is 19.9. The van der Waals surface area contributed by atoms with Gasteiger partial charge in [0.2, 0.25) is 0 Å². The van der Waals surface area contributed by atoms with Crippen molar-refractivity contribution >= 4 is 23.6 Å². The summed E-state index contributed by atoms with van der Waals surface area (Å²) in [7, 11) is 0. The molecule has 0 spiro atoms. The lowest BCUT2D eigenvalue weighted by molar-refractivity contribution is 0.0640. The van der Waals surface area contributed by atoms with Gasteiger partial charge in [0.25, 0.3) is 23.6 Å². The van der Waals surface area contributed by atoms with Gasteiger partial charge < -0.3 is 4.90 Å². The molecule has 1 saturated carbocycles. The molecule has 2 heterocycles. The van der Waals surface area contributed by atoms with Crippen LogP contribution in [0, 0.1) is 0 Å². The third-order valence-electron chi connectivity index (χ3n) is 7.50. The lowest BCUT2D eigenvalue weighted by Crippen LogP contribution is -2.41. The lowest BCUT2D eigenvalue weighted by Gasteiger charge is -2.35. The van der Waals surface area contributed by atoms with Gasteiger partial charge in [-0.05, 0) is 49.9 Å². The van der Waals surface area contributed by atoms with Crippen LogP contribution in [-0.4, -0.2) is 70.5 Å². The first-order valence-electron chi connectivity index (χ1n) is 12.7. The Hall–Kier alpha value is -3.32. The Morgan fingerprint density at radius 2 is 0.971 bits per heavy atom. The van der Waals surface area contributed by atoms with Crippen molar-refractivity contribution in [2.24, 2.45) is 0 Å². The average molecular weight is 474 g/mol. The number of benzene rings is 2. The van der Waals surface area contributed by atoms with Gasteiger partial charge in [0.1, 0.15) is 0 Å². The van der Waals surface area contributed by atoms with Gasteiger partial charge in [-0.25, -0.2) is 0 Å².